The molecule has 2 aromatic rings. The highest BCUT2D eigenvalue weighted by atomic mass is 79.9. The second-order valence-corrected chi connectivity index (χ2v) is 8.16. The van der Waals surface area contributed by atoms with Crippen LogP contribution in [-0.2, 0) is 17.5 Å². The van der Waals surface area contributed by atoms with Gasteiger partial charge in [-0.1, -0.05) is 35.8 Å². The van der Waals surface area contributed by atoms with E-state index in [4.69, 9.17) is 4.74 Å². The molecule has 3 rings (SSSR count). The molecule has 1 N–H and O–H groups in total. The number of anilines is 1. The predicted octanol–water partition coefficient (Wildman–Crippen LogP) is 5.26. The van der Waals surface area contributed by atoms with E-state index in [-0.39, 0.29) is 24.4 Å². The van der Waals surface area contributed by atoms with Crippen molar-refractivity contribution >= 4 is 27.5 Å². The molecular weight excluding hydrogens is 487 g/mol. The molecule has 9 heteroatoms. The summed E-state index contributed by atoms with van der Waals surface area (Å²) in [7, 11) is 2.00. The molecular formula is C23H29BrF3N3O2. The van der Waals surface area contributed by atoms with Crippen LogP contribution in [0.15, 0.2) is 46.9 Å². The van der Waals surface area contributed by atoms with Crippen LogP contribution in [0.1, 0.15) is 25.0 Å². The first kappa shape index (κ1) is 26.2. The predicted molar refractivity (Wildman–Crippen MR) is 124 cm³/mol. The fourth-order valence-electron chi connectivity index (χ4n) is 3.18. The number of rotatable bonds is 6. The van der Waals surface area contributed by atoms with Crippen molar-refractivity contribution in [3.8, 4) is 5.75 Å². The van der Waals surface area contributed by atoms with Crippen LogP contribution in [0, 0.1) is 0 Å². The molecule has 0 spiro atoms. The van der Waals surface area contributed by atoms with E-state index < -0.39 is 17.6 Å². The highest BCUT2D eigenvalue weighted by molar-refractivity contribution is 9.10. The van der Waals surface area contributed by atoms with Crippen LogP contribution in [0.3, 0.4) is 0 Å². The van der Waals surface area contributed by atoms with Gasteiger partial charge in [0.15, 0.2) is 6.61 Å². The lowest BCUT2D eigenvalue weighted by Crippen LogP contribution is -2.44. The molecule has 1 amide bonds. The van der Waals surface area contributed by atoms with Gasteiger partial charge in [-0.3, -0.25) is 9.69 Å². The number of hydrogen-bond acceptors (Lipinski definition) is 4. The minimum Gasteiger partial charge on any atom is -0.484 e. The van der Waals surface area contributed by atoms with Gasteiger partial charge in [0.1, 0.15) is 5.75 Å². The molecule has 0 aliphatic carbocycles. The van der Waals surface area contributed by atoms with Crippen molar-refractivity contribution < 1.29 is 22.7 Å². The van der Waals surface area contributed by atoms with Crippen LogP contribution < -0.4 is 10.1 Å². The number of carbonyl (C=O) groups is 1. The fraction of sp³-hybridized carbons (Fsp3) is 0.435. The van der Waals surface area contributed by atoms with E-state index in [1.807, 2.05) is 25.8 Å². The fourth-order valence-corrected chi connectivity index (χ4v) is 3.44. The van der Waals surface area contributed by atoms with Crippen molar-refractivity contribution in [3.05, 3.63) is 58.1 Å². The molecule has 2 aromatic carbocycles. The first-order valence-corrected chi connectivity index (χ1v) is 11.3. The van der Waals surface area contributed by atoms with E-state index in [2.05, 4.69) is 26.1 Å². The molecule has 1 aliphatic heterocycles. The van der Waals surface area contributed by atoms with E-state index >= 15 is 0 Å². The number of hydrogen-bond donors (Lipinski definition) is 1. The monoisotopic (exact) mass is 515 g/mol. The minimum absolute atomic E-state index is 0.0915. The summed E-state index contributed by atoms with van der Waals surface area (Å²) >= 11 is 3.30. The van der Waals surface area contributed by atoms with Gasteiger partial charge in [-0.2, -0.15) is 13.2 Å². The second-order valence-electron chi connectivity index (χ2n) is 7.24. The number of ether oxygens (including phenoxy) is 1. The molecule has 0 unspecified atom stereocenters. The van der Waals surface area contributed by atoms with Gasteiger partial charge in [0.05, 0.1) is 5.56 Å². The van der Waals surface area contributed by atoms with Crippen LogP contribution in [0.25, 0.3) is 0 Å². The Hall–Kier alpha value is -2.10. The van der Waals surface area contributed by atoms with Crippen LogP contribution in [0.4, 0.5) is 18.9 Å². The molecule has 0 radical (unpaired) electrons. The third-order valence-electron chi connectivity index (χ3n) is 4.87. The number of carbonyl (C=O) groups excluding carboxylic acids is 1. The maximum atomic E-state index is 13.6. The molecule has 0 aromatic heterocycles. The van der Waals surface area contributed by atoms with E-state index in [1.54, 1.807) is 24.3 Å². The summed E-state index contributed by atoms with van der Waals surface area (Å²) in [5, 5.41) is 2.48. The lowest BCUT2D eigenvalue weighted by molar-refractivity contribution is -0.138. The molecule has 0 bridgehead atoms. The van der Waals surface area contributed by atoms with Gasteiger partial charge in [0.2, 0.25) is 0 Å². The molecule has 0 saturated carbocycles. The summed E-state index contributed by atoms with van der Waals surface area (Å²) < 4.78 is 47.1. The lowest BCUT2D eigenvalue weighted by Gasteiger charge is -2.33. The summed E-state index contributed by atoms with van der Waals surface area (Å²) in [5.41, 5.74) is -0.432. The summed E-state index contributed by atoms with van der Waals surface area (Å²) in [6.45, 7) is 7.02. The number of likely N-dealkylation sites (N-methyl/N-ethyl adjacent to an activating group) is 1. The Labute approximate surface area is 195 Å². The molecule has 0 atom stereocenters. The van der Waals surface area contributed by atoms with Crippen LogP contribution in [0.2, 0.25) is 0 Å². The van der Waals surface area contributed by atoms with E-state index in [0.29, 0.717) is 5.75 Å². The molecule has 1 aliphatic rings. The highest BCUT2D eigenvalue weighted by Crippen LogP contribution is 2.34. The van der Waals surface area contributed by atoms with Crippen molar-refractivity contribution in [2.75, 3.05) is 45.2 Å². The zero-order valence-corrected chi connectivity index (χ0v) is 20.1. The van der Waals surface area contributed by atoms with Gasteiger partial charge in [0, 0.05) is 42.9 Å². The van der Waals surface area contributed by atoms with Crippen LogP contribution in [0.5, 0.6) is 5.75 Å². The molecule has 32 heavy (non-hydrogen) atoms. The number of amides is 1. The van der Waals surface area contributed by atoms with Gasteiger partial charge in [-0.25, -0.2) is 0 Å². The van der Waals surface area contributed by atoms with Crippen LogP contribution in [-0.4, -0.2) is 55.5 Å². The highest BCUT2D eigenvalue weighted by Gasteiger charge is 2.34. The zero-order valence-electron chi connectivity index (χ0n) is 18.5. The normalized spacial score (nSPS) is 15.0. The molecule has 1 heterocycles. The van der Waals surface area contributed by atoms with Crippen molar-refractivity contribution in [3.63, 3.8) is 0 Å². The summed E-state index contributed by atoms with van der Waals surface area (Å²) in [4.78, 5) is 16.3. The van der Waals surface area contributed by atoms with Gasteiger partial charge in [-0.05, 0) is 49.0 Å². The largest absolute Gasteiger partial charge is 0.484 e. The standard InChI is InChI=1S/C21H23BrF3N3O2.C2H6/c1-27-8-10-28(11-9-27)13-15-2-5-17(12-19(15)21(23,24)25)26-20(29)14-30-18-6-3-16(22)4-7-18;1-2/h2-7,12H,8-11,13-14H2,1H3,(H,26,29);1-2H3. The molecule has 176 valence electrons. The Morgan fingerprint density at radius 3 is 2.28 bits per heavy atom. The lowest BCUT2D eigenvalue weighted by atomic mass is 10.0. The number of piperazine rings is 1. The third-order valence-corrected chi connectivity index (χ3v) is 5.40. The van der Waals surface area contributed by atoms with E-state index in [1.165, 1.54) is 12.1 Å². The first-order chi connectivity index (χ1) is 15.2. The van der Waals surface area contributed by atoms with Gasteiger partial charge < -0.3 is 15.0 Å². The summed E-state index contributed by atoms with van der Waals surface area (Å²) in [6, 6.07) is 10.8. The smallest absolute Gasteiger partial charge is 0.416 e. The molecule has 1 fully saturated rings. The van der Waals surface area contributed by atoms with E-state index in [0.717, 1.165) is 36.7 Å². The SMILES string of the molecule is CC.CN1CCN(Cc2ccc(NC(=O)COc3ccc(Br)cc3)cc2C(F)(F)F)CC1. The number of nitrogens with zero attached hydrogens (tertiary/aromatic N) is 2. The Kier molecular flexibility index (Phi) is 9.99. The Morgan fingerprint density at radius 1 is 1.06 bits per heavy atom. The van der Waals surface area contributed by atoms with E-state index in [9.17, 15) is 18.0 Å². The average molecular weight is 516 g/mol. The number of benzene rings is 2. The maximum Gasteiger partial charge on any atom is 0.416 e. The Bertz CT molecular complexity index is 868. The third kappa shape index (κ3) is 8.11. The zero-order chi connectivity index (χ0) is 23.7. The summed E-state index contributed by atoms with van der Waals surface area (Å²) in [5.74, 6) is -0.0373. The van der Waals surface area contributed by atoms with Gasteiger partial charge in [0.25, 0.3) is 5.91 Å². The van der Waals surface area contributed by atoms with Gasteiger partial charge in [-0.15, -0.1) is 0 Å². The Morgan fingerprint density at radius 2 is 1.69 bits per heavy atom. The van der Waals surface area contributed by atoms with Crippen molar-refractivity contribution in [2.24, 2.45) is 0 Å². The topological polar surface area (TPSA) is 44.8 Å². The first-order valence-electron chi connectivity index (χ1n) is 10.5. The number of alkyl halides is 3. The van der Waals surface area contributed by atoms with Crippen molar-refractivity contribution in [1.29, 1.82) is 0 Å². The van der Waals surface area contributed by atoms with Crippen molar-refractivity contribution in [2.45, 2.75) is 26.6 Å². The number of halogens is 4. The molecule has 5 nitrogen and oxygen atoms in total. The van der Waals surface area contributed by atoms with Crippen molar-refractivity contribution in [1.82, 2.24) is 9.80 Å². The molecule has 1 saturated heterocycles. The quantitative estimate of drug-likeness (QED) is 0.569. The average Bonchev–Trinajstić information content (AvgIpc) is 2.76. The van der Waals surface area contributed by atoms with Crippen LogP contribution >= 0.6 is 15.9 Å². The number of nitrogens with one attached hydrogen (secondary N) is 1. The maximum absolute atomic E-state index is 13.6. The Balaban J connectivity index is 0.00000176. The summed E-state index contributed by atoms with van der Waals surface area (Å²) in [6.07, 6.45) is -4.50. The minimum atomic E-state index is -4.50. The second kappa shape index (κ2) is 12.2. The van der Waals surface area contributed by atoms with Gasteiger partial charge >= 0.3 is 6.18 Å².